The topological polar surface area (TPSA) is 0 Å². The minimum atomic E-state index is 0.0787. The van der Waals surface area contributed by atoms with Crippen LogP contribution in [0.25, 0.3) is 0 Å². The Morgan fingerprint density at radius 2 is 1.58 bits per heavy atom. The van der Waals surface area contributed by atoms with Gasteiger partial charge in [-0.1, -0.05) is 46.3 Å². The summed E-state index contributed by atoms with van der Waals surface area (Å²) in [6.45, 7) is 17.3. The third-order valence-corrected chi connectivity index (χ3v) is 1.45. The number of rotatable bonds is 2. The maximum atomic E-state index is 4.06. The molecule has 0 aromatic carbocycles. The molecule has 0 rings (SSSR count). The van der Waals surface area contributed by atoms with E-state index in [1.165, 1.54) is 5.57 Å². The van der Waals surface area contributed by atoms with Gasteiger partial charge in [-0.05, 0) is 31.1 Å². The van der Waals surface area contributed by atoms with Crippen LogP contribution in [-0.4, -0.2) is 0 Å². The van der Waals surface area contributed by atoms with Gasteiger partial charge in [0.1, 0.15) is 0 Å². The van der Waals surface area contributed by atoms with Crippen LogP contribution in [0.2, 0.25) is 0 Å². The average molecular weight is 167 g/mol. The van der Waals surface area contributed by atoms with E-state index >= 15 is 0 Å². The molecule has 0 aliphatic rings. The van der Waals surface area contributed by atoms with Gasteiger partial charge in [0.25, 0.3) is 0 Å². The summed E-state index contributed by atoms with van der Waals surface area (Å²) in [4.78, 5) is 0. The van der Waals surface area contributed by atoms with Crippen molar-refractivity contribution in [3.63, 3.8) is 0 Å². The normalized spacial score (nSPS) is 15.1. The van der Waals surface area contributed by atoms with Crippen LogP contribution in [0.15, 0.2) is 11.6 Å². The van der Waals surface area contributed by atoms with Gasteiger partial charge in [-0.2, -0.15) is 0 Å². The average Bonchev–Trinajstić information content (AvgIpc) is 1.49. The lowest BCUT2D eigenvalue weighted by molar-refractivity contribution is 0.406. The summed E-state index contributed by atoms with van der Waals surface area (Å²) >= 11 is 0. The molecular weight excluding hydrogens is 144 g/mol. The van der Waals surface area contributed by atoms with E-state index in [9.17, 15) is 0 Å². The van der Waals surface area contributed by atoms with Crippen LogP contribution in [0.3, 0.4) is 0 Å². The molecule has 0 aromatic rings. The van der Waals surface area contributed by atoms with Gasteiger partial charge in [0, 0.05) is 0 Å². The molecule has 0 heteroatoms. The molecule has 0 atom stereocenters. The fourth-order valence-corrected chi connectivity index (χ4v) is 1.55. The van der Waals surface area contributed by atoms with Gasteiger partial charge in [-0.25, -0.2) is 0 Å². The first-order valence-electron chi connectivity index (χ1n) is 4.64. The molecule has 0 bridgehead atoms. The van der Waals surface area contributed by atoms with Gasteiger partial charge in [-0.3, -0.25) is 0 Å². The van der Waals surface area contributed by atoms with Crippen molar-refractivity contribution in [1.29, 1.82) is 0 Å². The summed E-state index contributed by atoms with van der Waals surface area (Å²) in [7, 11) is 0. The summed E-state index contributed by atoms with van der Waals surface area (Å²) < 4.78 is 0. The summed E-state index contributed by atoms with van der Waals surface area (Å²) in [6.07, 6.45) is 3.42. The van der Waals surface area contributed by atoms with Crippen molar-refractivity contribution >= 4 is 0 Å². The Labute approximate surface area is 78.1 Å². The highest BCUT2D eigenvalue weighted by atomic mass is 14.2. The van der Waals surface area contributed by atoms with Crippen LogP contribution >= 0.6 is 0 Å². The number of hydrogen-bond acceptors (Lipinski definition) is 0. The first-order chi connectivity index (χ1) is 5.10. The van der Waals surface area contributed by atoms with Crippen molar-refractivity contribution in [1.82, 2.24) is 0 Å². The fourth-order valence-electron chi connectivity index (χ4n) is 1.55. The Hall–Kier alpha value is -0.260. The second-order valence-corrected chi connectivity index (χ2v) is 5.72. The fraction of sp³-hybridized carbons (Fsp3) is 0.750. The molecule has 0 aliphatic heterocycles. The van der Waals surface area contributed by atoms with E-state index in [2.05, 4.69) is 54.5 Å². The van der Waals surface area contributed by atoms with E-state index in [1.807, 2.05) is 0 Å². The highest BCUT2D eigenvalue weighted by Gasteiger charge is 2.13. The predicted octanol–water partition coefficient (Wildman–Crippen LogP) is 4.23. The van der Waals surface area contributed by atoms with Crippen LogP contribution in [-0.2, 0) is 0 Å². The van der Waals surface area contributed by atoms with Gasteiger partial charge >= 0.3 is 0 Å². The van der Waals surface area contributed by atoms with Crippen LogP contribution in [0.4, 0.5) is 0 Å². The van der Waals surface area contributed by atoms with E-state index in [4.69, 9.17) is 0 Å². The zero-order chi connectivity index (χ0) is 9.99. The molecule has 0 heterocycles. The Kier molecular flexibility index (Phi) is 3.56. The summed E-state index contributed by atoms with van der Waals surface area (Å²) in [5.41, 5.74) is 1.92. The second kappa shape index (κ2) is 3.64. The third kappa shape index (κ3) is 7.84. The predicted molar refractivity (Wildman–Crippen MR) is 57.0 cm³/mol. The molecule has 71 valence electrons. The second-order valence-electron chi connectivity index (χ2n) is 5.72. The quantitative estimate of drug-likeness (QED) is 0.540. The van der Waals surface area contributed by atoms with Crippen molar-refractivity contribution < 1.29 is 0 Å². The highest BCUT2D eigenvalue weighted by Crippen LogP contribution is 2.26. The van der Waals surface area contributed by atoms with E-state index in [0.717, 1.165) is 6.42 Å². The van der Waals surface area contributed by atoms with Crippen LogP contribution in [0, 0.1) is 17.8 Å². The zero-order valence-electron chi connectivity index (χ0n) is 9.49. The summed E-state index contributed by atoms with van der Waals surface area (Å²) in [5.74, 6) is 0. The Bertz CT molecular complexity index is 159. The lowest BCUT2D eigenvalue weighted by Gasteiger charge is -2.21. The largest absolute Gasteiger partial charge is 0.0799 e. The Morgan fingerprint density at radius 3 is 1.83 bits per heavy atom. The molecule has 0 saturated carbocycles. The third-order valence-electron chi connectivity index (χ3n) is 1.45. The molecule has 1 radical (unpaired) electrons. The molecule has 0 fully saturated rings. The van der Waals surface area contributed by atoms with Gasteiger partial charge < -0.3 is 0 Å². The van der Waals surface area contributed by atoms with Gasteiger partial charge in [0.2, 0.25) is 0 Å². The van der Waals surface area contributed by atoms with Crippen LogP contribution in [0.1, 0.15) is 48.0 Å². The molecule has 0 nitrogen and oxygen atoms in total. The van der Waals surface area contributed by atoms with E-state index in [-0.39, 0.29) is 5.41 Å². The van der Waals surface area contributed by atoms with Crippen molar-refractivity contribution in [3.05, 3.63) is 18.6 Å². The molecule has 0 saturated heterocycles. The molecule has 0 aliphatic carbocycles. The molecule has 0 amide bonds. The molecule has 0 N–H and O–H groups in total. The standard InChI is InChI=1S/C12H23/c1-10(8-11(2,3)4)9-12(5,6)7/h8H,2,9H2,1,3-7H3. The molecule has 0 spiro atoms. The SMILES string of the molecule is [CH2]C(C)(C)C=C(C)CC(C)(C)C. The van der Waals surface area contributed by atoms with E-state index < -0.39 is 0 Å². The van der Waals surface area contributed by atoms with E-state index in [1.54, 1.807) is 0 Å². The van der Waals surface area contributed by atoms with E-state index in [0.29, 0.717) is 5.41 Å². The molecule has 0 aromatic heterocycles. The molecular formula is C12H23. The first kappa shape index (κ1) is 11.7. The lowest BCUT2D eigenvalue weighted by Crippen LogP contribution is -2.08. The van der Waals surface area contributed by atoms with Crippen LogP contribution in [0.5, 0.6) is 0 Å². The number of allylic oxidation sites excluding steroid dienone is 2. The molecule has 0 unspecified atom stereocenters. The summed E-state index contributed by atoms with van der Waals surface area (Å²) in [6, 6.07) is 0. The maximum Gasteiger partial charge on any atom is -0.0172 e. The van der Waals surface area contributed by atoms with Gasteiger partial charge in [0.15, 0.2) is 0 Å². The Morgan fingerprint density at radius 1 is 1.17 bits per heavy atom. The van der Waals surface area contributed by atoms with Crippen molar-refractivity contribution in [2.75, 3.05) is 0 Å². The van der Waals surface area contributed by atoms with Gasteiger partial charge in [-0.15, -0.1) is 0 Å². The van der Waals surface area contributed by atoms with Gasteiger partial charge in [0.05, 0.1) is 0 Å². The number of hydrogen-bond donors (Lipinski definition) is 0. The molecule has 12 heavy (non-hydrogen) atoms. The van der Waals surface area contributed by atoms with Crippen molar-refractivity contribution in [3.8, 4) is 0 Å². The van der Waals surface area contributed by atoms with Crippen molar-refractivity contribution in [2.24, 2.45) is 10.8 Å². The minimum absolute atomic E-state index is 0.0787. The minimum Gasteiger partial charge on any atom is -0.0799 e. The summed E-state index contributed by atoms with van der Waals surface area (Å²) in [5, 5.41) is 0. The van der Waals surface area contributed by atoms with Crippen LogP contribution < -0.4 is 0 Å². The monoisotopic (exact) mass is 167 g/mol. The Balaban J connectivity index is 4.23. The lowest BCUT2D eigenvalue weighted by atomic mass is 9.85. The highest BCUT2D eigenvalue weighted by molar-refractivity contribution is 5.07. The zero-order valence-corrected chi connectivity index (χ0v) is 9.49. The van der Waals surface area contributed by atoms with Crippen molar-refractivity contribution in [2.45, 2.75) is 48.0 Å². The smallest absolute Gasteiger partial charge is 0.0172 e. The first-order valence-corrected chi connectivity index (χ1v) is 4.64. The maximum absolute atomic E-state index is 4.06.